The van der Waals surface area contributed by atoms with Crippen molar-refractivity contribution in [1.29, 1.82) is 0 Å². The van der Waals surface area contributed by atoms with Crippen LogP contribution in [0.15, 0.2) is 48.5 Å². The summed E-state index contributed by atoms with van der Waals surface area (Å²) in [7, 11) is 0. The third-order valence-electron chi connectivity index (χ3n) is 8.18. The Labute approximate surface area is 253 Å². The molecule has 2 atom stereocenters. The lowest BCUT2D eigenvalue weighted by atomic mass is 9.84. The molecule has 4 rings (SSSR count). The molecule has 1 aliphatic heterocycles. The Morgan fingerprint density at radius 1 is 0.884 bits per heavy atom. The third-order valence-corrected chi connectivity index (χ3v) is 8.18. The van der Waals surface area contributed by atoms with Gasteiger partial charge in [-0.1, -0.05) is 80.6 Å². The van der Waals surface area contributed by atoms with Crippen molar-refractivity contribution in [3.05, 3.63) is 65.2 Å². The van der Waals surface area contributed by atoms with Gasteiger partial charge >= 0.3 is 6.03 Å². The van der Waals surface area contributed by atoms with Gasteiger partial charge in [0.15, 0.2) is 0 Å². The summed E-state index contributed by atoms with van der Waals surface area (Å²) in [6.45, 7) is 5.47. The summed E-state index contributed by atoms with van der Waals surface area (Å²) in [6.07, 6.45) is 5.77. The average molecular weight is 593 g/mol. The molecule has 0 radical (unpaired) electrons. The van der Waals surface area contributed by atoms with Gasteiger partial charge in [-0.25, -0.2) is 4.79 Å². The number of carbonyl (C=O) groups is 4. The zero-order valence-corrected chi connectivity index (χ0v) is 25.2. The molecule has 1 aliphatic carbocycles. The van der Waals surface area contributed by atoms with Gasteiger partial charge in [-0.3, -0.25) is 14.4 Å². The number of hydrogen-bond acceptors (Lipinski definition) is 6. The van der Waals surface area contributed by atoms with Gasteiger partial charge in [-0.05, 0) is 42.9 Å². The van der Waals surface area contributed by atoms with Crippen molar-refractivity contribution < 1.29 is 28.7 Å². The first-order chi connectivity index (χ1) is 20.8. The van der Waals surface area contributed by atoms with Crippen LogP contribution in [0.2, 0.25) is 0 Å². The van der Waals surface area contributed by atoms with Crippen LogP contribution in [0.1, 0.15) is 55.2 Å². The van der Waals surface area contributed by atoms with Crippen LogP contribution in [0.5, 0.6) is 0 Å². The molecule has 1 saturated carbocycles. The molecule has 10 heteroatoms. The number of hydrogen-bond donors (Lipinski definition) is 3. The average Bonchev–Trinajstić information content (AvgIpc) is 3.03. The van der Waals surface area contributed by atoms with E-state index in [-0.39, 0.29) is 25.2 Å². The SMILES string of the molecule is Cc1cccc(C)c1NC(=O)C(=O)C(COCc1ccccc1)NC(=O)C(CC1CCCCC1)NC(=O)N1CCOCC1. The fourth-order valence-electron chi connectivity index (χ4n) is 5.66. The minimum atomic E-state index is -1.24. The molecule has 2 aliphatic rings. The fraction of sp³-hybridized carbons (Fsp3) is 0.515. The van der Waals surface area contributed by atoms with E-state index in [0.29, 0.717) is 38.4 Å². The predicted molar refractivity (Wildman–Crippen MR) is 163 cm³/mol. The maximum atomic E-state index is 13.8. The van der Waals surface area contributed by atoms with Crippen LogP contribution in [0.25, 0.3) is 0 Å². The highest BCUT2D eigenvalue weighted by molar-refractivity contribution is 6.42. The minimum absolute atomic E-state index is 0.201. The quantitative estimate of drug-likeness (QED) is 0.321. The van der Waals surface area contributed by atoms with E-state index in [1.807, 2.05) is 62.4 Å². The second kappa shape index (κ2) is 16.2. The number of anilines is 1. The van der Waals surface area contributed by atoms with E-state index < -0.39 is 29.7 Å². The second-order valence-electron chi connectivity index (χ2n) is 11.5. The van der Waals surface area contributed by atoms with Gasteiger partial charge in [0.1, 0.15) is 12.1 Å². The third kappa shape index (κ3) is 9.62. The Morgan fingerprint density at radius 3 is 2.23 bits per heavy atom. The lowest BCUT2D eigenvalue weighted by Crippen LogP contribution is -2.57. The Bertz CT molecular complexity index is 1220. The summed E-state index contributed by atoms with van der Waals surface area (Å²) in [4.78, 5) is 55.2. The molecule has 1 saturated heterocycles. The number of para-hydroxylation sites is 1. The number of amides is 4. The first kappa shape index (κ1) is 32.2. The molecule has 4 amide bonds. The number of benzene rings is 2. The second-order valence-corrected chi connectivity index (χ2v) is 11.5. The summed E-state index contributed by atoms with van der Waals surface area (Å²) in [5.41, 5.74) is 3.10. The van der Waals surface area contributed by atoms with Gasteiger partial charge in [0.2, 0.25) is 11.7 Å². The number of carbonyl (C=O) groups excluding carboxylic acids is 4. The molecule has 1 heterocycles. The van der Waals surface area contributed by atoms with Crippen LogP contribution in [0.4, 0.5) is 10.5 Å². The molecular formula is C33H44N4O6. The van der Waals surface area contributed by atoms with Gasteiger partial charge < -0.3 is 30.3 Å². The molecule has 43 heavy (non-hydrogen) atoms. The molecule has 2 aromatic rings. The van der Waals surface area contributed by atoms with E-state index in [1.165, 1.54) is 0 Å². The molecule has 2 fully saturated rings. The number of nitrogens with one attached hydrogen (secondary N) is 3. The normalized spacial score (nSPS) is 17.0. The number of Topliss-reactive ketones (excluding diaryl/α,β-unsaturated/α-hetero) is 1. The molecule has 3 N–H and O–H groups in total. The predicted octanol–water partition coefficient (Wildman–Crippen LogP) is 3.89. The fourth-order valence-corrected chi connectivity index (χ4v) is 5.66. The number of ketones is 1. The zero-order chi connectivity index (χ0) is 30.6. The van der Waals surface area contributed by atoms with Crippen LogP contribution in [0.3, 0.4) is 0 Å². The summed E-state index contributed by atoms with van der Waals surface area (Å²) in [6, 6.07) is 12.6. The van der Waals surface area contributed by atoms with Crippen molar-refractivity contribution in [3.8, 4) is 0 Å². The molecule has 10 nitrogen and oxygen atoms in total. The molecule has 2 unspecified atom stereocenters. The first-order valence-corrected chi connectivity index (χ1v) is 15.3. The summed E-state index contributed by atoms with van der Waals surface area (Å²) in [5, 5.41) is 8.40. The Hall–Kier alpha value is -3.76. The molecule has 2 aromatic carbocycles. The molecule has 0 bridgehead atoms. The summed E-state index contributed by atoms with van der Waals surface area (Å²) in [5.74, 6) is -1.88. The number of urea groups is 1. The van der Waals surface area contributed by atoms with Crippen LogP contribution in [-0.2, 0) is 30.5 Å². The zero-order valence-electron chi connectivity index (χ0n) is 25.2. The number of aryl methyl sites for hydroxylation is 2. The smallest absolute Gasteiger partial charge is 0.318 e. The first-order valence-electron chi connectivity index (χ1n) is 15.3. The van der Waals surface area contributed by atoms with Gasteiger partial charge in [0.25, 0.3) is 5.91 Å². The number of rotatable bonds is 12. The molecule has 232 valence electrons. The van der Waals surface area contributed by atoms with Crippen molar-refractivity contribution in [2.75, 3.05) is 38.2 Å². The molecular weight excluding hydrogens is 548 g/mol. The Balaban J connectivity index is 1.49. The highest BCUT2D eigenvalue weighted by atomic mass is 16.5. The lowest BCUT2D eigenvalue weighted by molar-refractivity contribution is -0.139. The van der Waals surface area contributed by atoms with Gasteiger partial charge in [-0.2, -0.15) is 0 Å². The maximum absolute atomic E-state index is 13.8. The van der Waals surface area contributed by atoms with Crippen molar-refractivity contribution in [2.45, 2.75) is 71.1 Å². The van der Waals surface area contributed by atoms with Crippen molar-refractivity contribution >= 4 is 29.3 Å². The van der Waals surface area contributed by atoms with Crippen LogP contribution in [-0.4, -0.2) is 73.5 Å². The molecule has 0 aromatic heterocycles. The molecule has 0 spiro atoms. The monoisotopic (exact) mass is 592 g/mol. The Morgan fingerprint density at radius 2 is 1.56 bits per heavy atom. The van der Waals surface area contributed by atoms with Crippen molar-refractivity contribution in [3.63, 3.8) is 0 Å². The van der Waals surface area contributed by atoms with Gasteiger partial charge in [0.05, 0.1) is 26.4 Å². The highest BCUT2D eigenvalue weighted by Crippen LogP contribution is 2.27. The minimum Gasteiger partial charge on any atom is -0.378 e. The van der Waals surface area contributed by atoms with Crippen LogP contribution in [0, 0.1) is 19.8 Å². The largest absolute Gasteiger partial charge is 0.378 e. The van der Waals surface area contributed by atoms with Crippen molar-refractivity contribution in [1.82, 2.24) is 15.5 Å². The topological polar surface area (TPSA) is 126 Å². The number of nitrogens with zero attached hydrogens (tertiary/aromatic N) is 1. The lowest BCUT2D eigenvalue weighted by Gasteiger charge is -2.31. The van der Waals surface area contributed by atoms with E-state index >= 15 is 0 Å². The van der Waals surface area contributed by atoms with Crippen molar-refractivity contribution in [2.24, 2.45) is 5.92 Å². The van der Waals surface area contributed by atoms with E-state index in [0.717, 1.165) is 48.8 Å². The van der Waals surface area contributed by atoms with Gasteiger partial charge in [0, 0.05) is 18.8 Å². The van der Waals surface area contributed by atoms with E-state index in [2.05, 4.69) is 16.0 Å². The number of morpholine rings is 1. The van der Waals surface area contributed by atoms with E-state index in [4.69, 9.17) is 9.47 Å². The van der Waals surface area contributed by atoms with Crippen LogP contribution < -0.4 is 16.0 Å². The Kier molecular flexibility index (Phi) is 12.1. The maximum Gasteiger partial charge on any atom is 0.318 e. The van der Waals surface area contributed by atoms with E-state index in [9.17, 15) is 19.2 Å². The summed E-state index contributed by atoms with van der Waals surface area (Å²) < 4.78 is 11.2. The van der Waals surface area contributed by atoms with Gasteiger partial charge in [-0.15, -0.1) is 0 Å². The van der Waals surface area contributed by atoms with E-state index in [1.54, 1.807) is 4.90 Å². The standard InChI is InChI=1S/C33H44N4O6/c1-23-10-9-11-24(2)29(23)36-32(40)30(38)28(22-43-21-26-14-7-4-8-15-26)34-31(39)27(20-25-12-5-3-6-13-25)35-33(41)37-16-18-42-19-17-37/h4,7-11,14-15,25,27-28H,3,5-6,12-13,16-22H2,1-2H3,(H,34,39)(H,35,41)(H,36,40). The number of ether oxygens (including phenoxy) is 2. The highest BCUT2D eigenvalue weighted by Gasteiger charge is 2.33. The van der Waals surface area contributed by atoms with Crippen LogP contribution >= 0.6 is 0 Å². The summed E-state index contributed by atoms with van der Waals surface area (Å²) >= 11 is 0.